The van der Waals surface area contributed by atoms with Crippen molar-refractivity contribution in [2.75, 3.05) is 0 Å². The van der Waals surface area contributed by atoms with Gasteiger partial charge < -0.3 is 0 Å². The van der Waals surface area contributed by atoms with Crippen LogP contribution in [-0.2, 0) is 16.3 Å². The molecular weight excluding hydrogens is 356 g/mol. The summed E-state index contributed by atoms with van der Waals surface area (Å²) in [5.41, 5.74) is 5.16. The number of ketones is 1. The first kappa shape index (κ1) is 19.3. The number of carbonyl (C=O) groups is 1. The van der Waals surface area contributed by atoms with Gasteiger partial charge in [-0.2, -0.15) is 0 Å². The summed E-state index contributed by atoms with van der Waals surface area (Å²) in [5.74, 6) is 2.43. The summed E-state index contributed by atoms with van der Waals surface area (Å²) in [6, 6.07) is 21.3. The predicted molar refractivity (Wildman–Crippen MR) is 115 cm³/mol. The van der Waals surface area contributed by atoms with E-state index in [4.69, 9.17) is 0 Å². The molecule has 0 unspecified atom stereocenters. The van der Waals surface area contributed by atoms with Crippen LogP contribution in [0.25, 0.3) is 0 Å². The minimum atomic E-state index is 0.377. The third kappa shape index (κ3) is 5.78. The van der Waals surface area contributed by atoms with E-state index in [-0.39, 0.29) is 0 Å². The molecule has 3 rings (SSSR count). The monoisotopic (exact) mass is 382 g/mol. The average Bonchev–Trinajstić information content (AvgIpc) is 3.00. The lowest BCUT2D eigenvalue weighted by Gasteiger charge is -2.17. The van der Waals surface area contributed by atoms with Gasteiger partial charge in [0.05, 0.1) is 4.58 Å². The maximum Gasteiger partial charge on any atom is 0.159 e. The van der Waals surface area contributed by atoms with Crippen LogP contribution in [0.1, 0.15) is 43.7 Å². The summed E-state index contributed by atoms with van der Waals surface area (Å²) in [4.78, 5) is 12.1. The first-order valence-corrected chi connectivity index (χ1v) is 11.3. The van der Waals surface area contributed by atoms with E-state index in [9.17, 15) is 4.79 Å². The zero-order valence-electron chi connectivity index (χ0n) is 15.3. The van der Waals surface area contributed by atoms with Gasteiger partial charge in [0, 0.05) is 17.9 Å². The lowest BCUT2D eigenvalue weighted by molar-refractivity contribution is -0.115. The molecule has 0 saturated carbocycles. The Labute approximate surface area is 165 Å². The van der Waals surface area contributed by atoms with E-state index in [0.717, 1.165) is 42.8 Å². The number of allylic oxidation sites excluding steroid dienone is 2. The Balaban J connectivity index is 1.58. The van der Waals surface area contributed by atoms with Gasteiger partial charge in [-0.25, -0.2) is 0 Å². The number of hydrogen-bond donors (Lipinski definition) is 0. The van der Waals surface area contributed by atoms with Crippen molar-refractivity contribution in [2.24, 2.45) is 0 Å². The highest BCUT2D eigenvalue weighted by molar-refractivity contribution is 8.16. The summed E-state index contributed by atoms with van der Waals surface area (Å²) >= 11 is 4.02. The van der Waals surface area contributed by atoms with E-state index in [1.54, 1.807) is 0 Å². The molecule has 0 spiro atoms. The highest BCUT2D eigenvalue weighted by Crippen LogP contribution is 2.35. The van der Waals surface area contributed by atoms with E-state index in [2.05, 4.69) is 67.6 Å². The summed E-state index contributed by atoms with van der Waals surface area (Å²) in [7, 11) is 0. The quantitative estimate of drug-likeness (QED) is 0.453. The van der Waals surface area contributed by atoms with Crippen molar-refractivity contribution in [3.63, 3.8) is 0 Å². The lowest BCUT2D eigenvalue weighted by Crippen LogP contribution is -2.04. The molecule has 0 radical (unpaired) electrons. The van der Waals surface area contributed by atoms with E-state index >= 15 is 0 Å². The standard InChI is InChI=1S/C23H26OS2/c1-18-12-14-22(24)21(18)13-15-23(25-16-19-8-4-2-5-9-19)26-17-20-10-6-3-7-11-20/h2-11,23H,12-17H2,1H3. The SMILES string of the molecule is CC1=C(CCC(SCc2ccccc2)SCc2ccccc2)C(=O)CC1. The molecule has 0 heterocycles. The maximum absolute atomic E-state index is 12.1. The zero-order chi connectivity index (χ0) is 18.2. The van der Waals surface area contributed by atoms with Crippen molar-refractivity contribution >= 4 is 29.3 Å². The van der Waals surface area contributed by atoms with Gasteiger partial charge >= 0.3 is 0 Å². The second-order valence-electron chi connectivity index (χ2n) is 6.74. The fourth-order valence-electron chi connectivity index (χ4n) is 3.20. The molecule has 0 saturated heterocycles. The Morgan fingerprint density at radius 1 is 0.846 bits per heavy atom. The molecule has 1 aliphatic rings. The van der Waals surface area contributed by atoms with Crippen molar-refractivity contribution in [1.82, 2.24) is 0 Å². The van der Waals surface area contributed by atoms with Crippen LogP contribution in [-0.4, -0.2) is 10.4 Å². The molecule has 1 nitrogen and oxygen atoms in total. The number of hydrogen-bond acceptors (Lipinski definition) is 3. The third-order valence-electron chi connectivity index (χ3n) is 4.77. The Morgan fingerprint density at radius 3 is 1.85 bits per heavy atom. The Kier molecular flexibility index (Phi) is 7.45. The van der Waals surface area contributed by atoms with E-state index in [1.165, 1.54) is 16.7 Å². The van der Waals surface area contributed by atoms with Gasteiger partial charge in [0.15, 0.2) is 5.78 Å². The number of rotatable bonds is 9. The van der Waals surface area contributed by atoms with Crippen LogP contribution in [0.4, 0.5) is 0 Å². The summed E-state index contributed by atoms with van der Waals surface area (Å²) in [5, 5.41) is 0. The fraction of sp³-hybridized carbons (Fsp3) is 0.348. The molecule has 0 amide bonds. The summed E-state index contributed by atoms with van der Waals surface area (Å²) in [6.45, 7) is 2.13. The fourth-order valence-corrected chi connectivity index (χ4v) is 5.70. The molecule has 0 N–H and O–H groups in total. The normalized spacial score (nSPS) is 14.5. The van der Waals surface area contributed by atoms with Crippen LogP contribution in [0.2, 0.25) is 0 Å². The van der Waals surface area contributed by atoms with Crippen LogP contribution >= 0.6 is 23.5 Å². The first-order valence-electron chi connectivity index (χ1n) is 9.25. The molecule has 0 atom stereocenters. The second-order valence-corrected chi connectivity index (χ2v) is 9.42. The molecule has 0 fully saturated rings. The molecule has 26 heavy (non-hydrogen) atoms. The maximum atomic E-state index is 12.1. The van der Waals surface area contributed by atoms with Crippen molar-refractivity contribution in [3.05, 3.63) is 82.9 Å². The molecule has 0 aromatic heterocycles. The predicted octanol–water partition coefficient (Wildman–Crippen LogP) is 6.64. The smallest absolute Gasteiger partial charge is 0.159 e. The summed E-state index contributed by atoms with van der Waals surface area (Å²) < 4.78 is 0.504. The van der Waals surface area contributed by atoms with Gasteiger partial charge in [-0.1, -0.05) is 66.2 Å². The van der Waals surface area contributed by atoms with Gasteiger partial charge in [-0.3, -0.25) is 4.79 Å². The minimum Gasteiger partial charge on any atom is -0.295 e. The van der Waals surface area contributed by atoms with Gasteiger partial charge in [0.25, 0.3) is 0 Å². The highest BCUT2D eigenvalue weighted by Gasteiger charge is 2.21. The van der Waals surface area contributed by atoms with Crippen molar-refractivity contribution in [2.45, 2.75) is 48.7 Å². The molecule has 2 aromatic carbocycles. The number of benzene rings is 2. The van der Waals surface area contributed by atoms with Crippen LogP contribution < -0.4 is 0 Å². The molecule has 2 aromatic rings. The number of Topliss-reactive ketones (excluding diaryl/α,β-unsaturated/α-hetero) is 1. The van der Waals surface area contributed by atoms with Crippen molar-refractivity contribution in [3.8, 4) is 0 Å². The topological polar surface area (TPSA) is 17.1 Å². The molecule has 1 aliphatic carbocycles. The lowest BCUT2D eigenvalue weighted by atomic mass is 10.1. The highest BCUT2D eigenvalue weighted by atomic mass is 32.2. The molecule has 0 aliphatic heterocycles. The largest absolute Gasteiger partial charge is 0.295 e. The van der Waals surface area contributed by atoms with Crippen molar-refractivity contribution < 1.29 is 4.79 Å². The second kappa shape index (κ2) is 10.0. The van der Waals surface area contributed by atoms with Crippen molar-refractivity contribution in [1.29, 1.82) is 0 Å². The zero-order valence-corrected chi connectivity index (χ0v) is 17.0. The average molecular weight is 383 g/mol. The molecule has 0 bridgehead atoms. The van der Waals surface area contributed by atoms with E-state index < -0.39 is 0 Å². The Hall–Kier alpha value is -1.45. The summed E-state index contributed by atoms with van der Waals surface area (Å²) in [6.07, 6.45) is 3.68. The van der Waals surface area contributed by atoms with Gasteiger partial charge in [0.1, 0.15) is 0 Å². The van der Waals surface area contributed by atoms with Gasteiger partial charge in [-0.15, -0.1) is 23.5 Å². The van der Waals surface area contributed by atoms with Gasteiger partial charge in [0.2, 0.25) is 0 Å². The number of thioether (sulfide) groups is 2. The van der Waals surface area contributed by atoms with Crippen LogP contribution in [0.15, 0.2) is 71.8 Å². The third-order valence-corrected chi connectivity index (χ3v) is 7.80. The minimum absolute atomic E-state index is 0.377. The van der Waals surface area contributed by atoms with Crippen LogP contribution in [0.5, 0.6) is 0 Å². The molecule has 3 heteroatoms. The van der Waals surface area contributed by atoms with Crippen LogP contribution in [0.3, 0.4) is 0 Å². The Morgan fingerprint density at radius 2 is 1.38 bits per heavy atom. The van der Waals surface area contributed by atoms with E-state index in [0.29, 0.717) is 10.4 Å². The van der Waals surface area contributed by atoms with Gasteiger partial charge in [-0.05, 0) is 42.9 Å². The first-order chi connectivity index (χ1) is 12.7. The van der Waals surface area contributed by atoms with E-state index in [1.807, 2.05) is 23.5 Å². The molecule has 136 valence electrons. The number of carbonyl (C=O) groups excluding carboxylic acids is 1. The Bertz CT molecular complexity index is 694. The van der Waals surface area contributed by atoms with Crippen LogP contribution in [0, 0.1) is 0 Å². The molecular formula is C23H26OS2.